The van der Waals surface area contributed by atoms with Gasteiger partial charge in [0.1, 0.15) is 29.8 Å². The summed E-state index contributed by atoms with van der Waals surface area (Å²) in [7, 11) is 1.27. The van der Waals surface area contributed by atoms with Crippen molar-refractivity contribution in [2.75, 3.05) is 13.7 Å². The number of methoxy groups -OCH3 is 1. The minimum absolute atomic E-state index is 0.0665. The van der Waals surface area contributed by atoms with Gasteiger partial charge in [-0.25, -0.2) is 19.2 Å². The van der Waals surface area contributed by atoms with Gasteiger partial charge in [-0.1, -0.05) is 33.4 Å². The van der Waals surface area contributed by atoms with Crippen molar-refractivity contribution in [3.63, 3.8) is 0 Å². The van der Waals surface area contributed by atoms with Gasteiger partial charge >= 0.3 is 11.9 Å². The Kier molecular flexibility index (Phi) is 9.60. The minimum atomic E-state index is -0.914. The summed E-state index contributed by atoms with van der Waals surface area (Å²) in [6, 6.07) is 3.16. The summed E-state index contributed by atoms with van der Waals surface area (Å²) in [5.74, 6) is -0.761. The van der Waals surface area contributed by atoms with Crippen molar-refractivity contribution in [2.45, 2.75) is 84.0 Å². The summed E-state index contributed by atoms with van der Waals surface area (Å²) in [4.78, 5) is 50.8. The molecule has 2 saturated carbocycles. The summed E-state index contributed by atoms with van der Waals surface area (Å²) in [6.07, 6.45) is 7.78. The van der Waals surface area contributed by atoms with Crippen LogP contribution < -0.4 is 4.74 Å². The molecule has 45 heavy (non-hydrogen) atoms. The number of halogens is 1. The Labute approximate surface area is 264 Å². The lowest BCUT2D eigenvalue weighted by Crippen LogP contribution is -2.48. The summed E-state index contributed by atoms with van der Waals surface area (Å²) < 4.78 is 31.2. The number of fused-ring (bicyclic) bond motifs is 2. The Balaban J connectivity index is 1.31. The van der Waals surface area contributed by atoms with E-state index in [0.29, 0.717) is 34.5 Å². The van der Waals surface area contributed by atoms with Gasteiger partial charge in [-0.15, -0.1) is 6.58 Å². The number of nitrogens with zero attached hydrogens (tertiary/aromatic N) is 3. The van der Waals surface area contributed by atoms with Crippen molar-refractivity contribution in [1.82, 2.24) is 14.9 Å². The van der Waals surface area contributed by atoms with E-state index >= 15 is 0 Å². The van der Waals surface area contributed by atoms with E-state index in [1.54, 1.807) is 0 Å². The number of rotatable bonds is 12. The summed E-state index contributed by atoms with van der Waals surface area (Å²) >= 11 is 0. The zero-order valence-electron chi connectivity index (χ0n) is 26.7. The minimum Gasteiger partial charge on any atom is -0.471 e. The number of amides is 1. The van der Waals surface area contributed by atoms with Gasteiger partial charge < -0.3 is 19.1 Å². The van der Waals surface area contributed by atoms with Crippen molar-refractivity contribution in [2.24, 2.45) is 29.1 Å². The zero-order valence-corrected chi connectivity index (χ0v) is 26.7. The van der Waals surface area contributed by atoms with Gasteiger partial charge in [-0.2, -0.15) is 0 Å². The molecule has 2 aliphatic carbocycles. The highest BCUT2D eigenvalue weighted by molar-refractivity contribution is 5.89. The van der Waals surface area contributed by atoms with E-state index in [1.165, 1.54) is 42.7 Å². The Morgan fingerprint density at radius 1 is 1.13 bits per heavy atom. The van der Waals surface area contributed by atoms with E-state index in [4.69, 9.17) is 14.2 Å². The number of hydrogen-bond acceptors (Lipinski definition) is 8. The molecule has 0 spiro atoms. The molecule has 5 rings (SSSR count). The van der Waals surface area contributed by atoms with E-state index in [-0.39, 0.29) is 43.2 Å². The van der Waals surface area contributed by atoms with Crippen LogP contribution in [-0.2, 0) is 23.9 Å². The van der Waals surface area contributed by atoms with Crippen molar-refractivity contribution in [3.05, 3.63) is 48.9 Å². The van der Waals surface area contributed by atoms with Crippen LogP contribution in [0.3, 0.4) is 0 Å². The highest BCUT2D eigenvalue weighted by Gasteiger charge is 2.54. The smallest absolute Gasteiger partial charge is 0.328 e. The van der Waals surface area contributed by atoms with Crippen molar-refractivity contribution >= 4 is 35.0 Å². The van der Waals surface area contributed by atoms with Crippen LogP contribution in [0.25, 0.3) is 17.1 Å². The quantitative estimate of drug-likeness (QED) is 0.164. The highest BCUT2D eigenvalue weighted by Crippen LogP contribution is 2.57. The fourth-order valence-corrected chi connectivity index (χ4v) is 7.08. The molecule has 2 aromatic rings. The molecule has 1 saturated heterocycles. The van der Waals surface area contributed by atoms with Gasteiger partial charge in [-0.05, 0) is 73.5 Å². The molecule has 0 radical (unpaired) electrons. The molecule has 1 aromatic heterocycles. The number of benzene rings is 1. The predicted octanol–water partition coefficient (Wildman–Crippen LogP) is 5.91. The molecule has 7 atom stereocenters. The second-order valence-corrected chi connectivity index (χ2v) is 13.7. The number of ether oxygens (including phenoxy) is 3. The van der Waals surface area contributed by atoms with E-state index < -0.39 is 35.3 Å². The molecule has 2 heterocycles. The fraction of sp³-hybridized carbons (Fsp3) is 0.571. The predicted molar refractivity (Wildman–Crippen MR) is 167 cm³/mol. The van der Waals surface area contributed by atoms with Gasteiger partial charge in [-0.3, -0.25) is 9.59 Å². The van der Waals surface area contributed by atoms with E-state index in [0.717, 1.165) is 25.7 Å². The molecule has 0 unspecified atom stereocenters. The molecule has 3 fully saturated rings. The molecule has 9 nitrogen and oxygen atoms in total. The van der Waals surface area contributed by atoms with E-state index in [2.05, 4.69) is 23.1 Å². The molecule has 242 valence electrons. The van der Waals surface area contributed by atoms with Crippen molar-refractivity contribution in [1.29, 1.82) is 0 Å². The fourth-order valence-electron chi connectivity index (χ4n) is 7.08. The van der Waals surface area contributed by atoms with Crippen molar-refractivity contribution in [3.8, 4) is 5.88 Å². The van der Waals surface area contributed by atoms with Crippen LogP contribution in [0.15, 0.2) is 37.4 Å². The number of esters is 2. The number of carbonyl (C=O) groups is 3. The third-order valence-electron chi connectivity index (χ3n) is 9.59. The van der Waals surface area contributed by atoms with Gasteiger partial charge in [0, 0.05) is 12.5 Å². The Morgan fingerprint density at radius 2 is 1.91 bits per heavy atom. The van der Waals surface area contributed by atoms with E-state index in [1.807, 2.05) is 26.8 Å². The first kappa shape index (κ1) is 32.6. The number of unbranched alkanes of at least 4 members (excludes halogenated alkanes) is 1. The van der Waals surface area contributed by atoms with E-state index in [9.17, 15) is 18.8 Å². The third-order valence-corrected chi connectivity index (χ3v) is 9.59. The first-order valence-corrected chi connectivity index (χ1v) is 15.9. The third kappa shape index (κ3) is 7.20. The first-order chi connectivity index (χ1) is 21.4. The molecule has 1 aliphatic heterocycles. The molecule has 0 bridgehead atoms. The number of allylic oxidation sites excluding steroid dienone is 1. The monoisotopic (exact) mass is 621 g/mol. The average Bonchev–Trinajstić information content (AvgIpc) is 3.49. The molecule has 1 aromatic carbocycles. The second kappa shape index (κ2) is 13.3. The summed E-state index contributed by atoms with van der Waals surface area (Å²) in [5, 5.41) is 0. The maximum atomic E-state index is 14.2. The van der Waals surface area contributed by atoms with Crippen LogP contribution >= 0.6 is 0 Å². The van der Waals surface area contributed by atoms with Crippen LogP contribution in [0.5, 0.6) is 5.88 Å². The topological polar surface area (TPSA) is 108 Å². The van der Waals surface area contributed by atoms with Gasteiger partial charge in [0.25, 0.3) is 0 Å². The Hall–Kier alpha value is -3.82. The summed E-state index contributed by atoms with van der Waals surface area (Å²) in [5.41, 5.74) is 0.545. The maximum Gasteiger partial charge on any atom is 0.328 e. The second-order valence-electron chi connectivity index (χ2n) is 13.7. The van der Waals surface area contributed by atoms with Gasteiger partial charge in [0.15, 0.2) is 0 Å². The van der Waals surface area contributed by atoms with Crippen molar-refractivity contribution < 1.29 is 33.0 Å². The zero-order chi connectivity index (χ0) is 32.5. The molecule has 10 heteroatoms. The number of aromatic nitrogens is 2. The number of carbonyl (C=O) groups excluding carboxylic acids is 3. The standard InChI is InChI=1S/C35H44FN3O6/c1-7-9-10-11-23-24-14-20(24)15-30(23)45-31(40)18-25(35(3,4)5)33(41)39-19-22(17-29(39)34(42)43-6)44-32-26(8-2)37-27-13-12-21(36)16-28(27)38-32/h7-8,12-13,16,20,22-25,29-30H,1-2,9-11,14-15,17-19H2,3-6H3/t20-,22+,23+,24-,25+,29-,30+/m0/s1. The summed E-state index contributed by atoms with van der Waals surface area (Å²) in [6.45, 7) is 13.4. The molecule has 0 N–H and O–H groups in total. The van der Waals surface area contributed by atoms with Crippen LogP contribution in [0.1, 0.15) is 71.4 Å². The Bertz CT molecular complexity index is 1470. The normalized spacial score (nSPS) is 26.2. The van der Waals surface area contributed by atoms with Crippen LogP contribution in [0.4, 0.5) is 4.39 Å². The lowest BCUT2D eigenvalue weighted by molar-refractivity contribution is -0.160. The maximum absolute atomic E-state index is 14.2. The molecule has 3 aliphatic rings. The largest absolute Gasteiger partial charge is 0.471 e. The lowest BCUT2D eigenvalue weighted by Gasteiger charge is -2.34. The van der Waals surface area contributed by atoms with Gasteiger partial charge in [0.05, 0.1) is 37.0 Å². The highest BCUT2D eigenvalue weighted by atomic mass is 19.1. The number of hydrogen-bond donors (Lipinski definition) is 0. The molecular weight excluding hydrogens is 577 g/mol. The van der Waals surface area contributed by atoms with Gasteiger partial charge in [0.2, 0.25) is 11.8 Å². The van der Waals surface area contributed by atoms with Crippen LogP contribution in [0.2, 0.25) is 0 Å². The lowest BCUT2D eigenvalue weighted by atomic mass is 9.77. The van der Waals surface area contributed by atoms with Crippen LogP contribution in [0, 0.1) is 34.9 Å². The molecular formula is C35H44FN3O6. The Morgan fingerprint density at radius 3 is 2.60 bits per heavy atom. The number of likely N-dealkylation sites (tertiary alicyclic amines) is 1. The SMILES string of the molecule is C=CCCC[C@@H]1[C@H]2C[C@H]2C[C@H]1OC(=O)C[C@H](C(=O)N1C[C@H](Oc2nc3cc(F)ccc3nc2C=C)C[C@H]1C(=O)OC)C(C)(C)C. The molecule has 1 amide bonds. The first-order valence-electron chi connectivity index (χ1n) is 15.9. The average molecular weight is 622 g/mol. The van der Waals surface area contributed by atoms with Crippen LogP contribution in [-0.4, -0.2) is 64.6 Å².